The summed E-state index contributed by atoms with van der Waals surface area (Å²) in [4.78, 5) is 0. The normalized spacial score (nSPS) is 12.4. The third kappa shape index (κ3) is 4.09. The molecule has 0 aromatic heterocycles. The van der Waals surface area contributed by atoms with Crippen LogP contribution in [0.2, 0.25) is 5.02 Å². The maximum absolute atomic E-state index is 6.31. The van der Waals surface area contributed by atoms with Crippen molar-refractivity contribution in [2.45, 2.75) is 25.8 Å². The first-order valence-electron chi connectivity index (χ1n) is 6.65. The van der Waals surface area contributed by atoms with Gasteiger partial charge in [-0.2, -0.15) is 0 Å². The van der Waals surface area contributed by atoms with Crippen LogP contribution < -0.4 is 5.32 Å². The van der Waals surface area contributed by atoms with Crippen molar-refractivity contribution in [2.24, 2.45) is 0 Å². The molecule has 100 valence electrons. The van der Waals surface area contributed by atoms with E-state index in [9.17, 15) is 0 Å². The molecule has 0 bridgehead atoms. The van der Waals surface area contributed by atoms with Crippen LogP contribution in [-0.2, 0) is 12.8 Å². The minimum atomic E-state index is 0.405. The molecule has 19 heavy (non-hydrogen) atoms. The van der Waals surface area contributed by atoms with E-state index in [1.165, 1.54) is 16.7 Å². The molecule has 2 heteroatoms. The molecule has 0 radical (unpaired) electrons. The van der Waals surface area contributed by atoms with Crippen LogP contribution in [0.3, 0.4) is 0 Å². The lowest BCUT2D eigenvalue weighted by Gasteiger charge is -2.17. The van der Waals surface area contributed by atoms with E-state index < -0.39 is 0 Å². The molecular formula is C17H20ClN. The highest BCUT2D eigenvalue weighted by molar-refractivity contribution is 6.31. The molecule has 1 nitrogen and oxygen atoms in total. The molecule has 0 fully saturated rings. The van der Waals surface area contributed by atoms with Gasteiger partial charge in [-0.1, -0.05) is 54.1 Å². The zero-order valence-electron chi connectivity index (χ0n) is 11.5. The first-order chi connectivity index (χ1) is 9.19. The Labute approximate surface area is 120 Å². The average Bonchev–Trinajstić information content (AvgIpc) is 2.42. The van der Waals surface area contributed by atoms with E-state index in [1.54, 1.807) is 0 Å². The van der Waals surface area contributed by atoms with Crippen LogP contribution in [0.25, 0.3) is 0 Å². The van der Waals surface area contributed by atoms with Crippen molar-refractivity contribution in [1.29, 1.82) is 0 Å². The van der Waals surface area contributed by atoms with E-state index in [0.29, 0.717) is 6.04 Å². The van der Waals surface area contributed by atoms with Crippen LogP contribution in [0.15, 0.2) is 48.5 Å². The summed E-state index contributed by atoms with van der Waals surface area (Å²) in [5.74, 6) is 0. The van der Waals surface area contributed by atoms with Crippen LogP contribution in [0, 0.1) is 6.92 Å². The van der Waals surface area contributed by atoms with Crippen LogP contribution in [-0.4, -0.2) is 13.1 Å². The van der Waals surface area contributed by atoms with Gasteiger partial charge in [0.15, 0.2) is 0 Å². The first kappa shape index (κ1) is 14.1. The Morgan fingerprint density at radius 2 is 1.79 bits per heavy atom. The summed E-state index contributed by atoms with van der Waals surface area (Å²) >= 11 is 6.31. The molecular weight excluding hydrogens is 254 g/mol. The van der Waals surface area contributed by atoms with E-state index in [2.05, 4.69) is 54.7 Å². The molecule has 0 saturated carbocycles. The van der Waals surface area contributed by atoms with E-state index in [-0.39, 0.29) is 0 Å². The Bertz CT molecular complexity index is 522. The van der Waals surface area contributed by atoms with Gasteiger partial charge >= 0.3 is 0 Å². The summed E-state index contributed by atoms with van der Waals surface area (Å²) in [5.41, 5.74) is 3.77. The number of halogens is 1. The molecule has 0 aliphatic heterocycles. The predicted molar refractivity (Wildman–Crippen MR) is 82.9 cm³/mol. The molecule has 0 aliphatic carbocycles. The van der Waals surface area contributed by atoms with Crippen molar-refractivity contribution in [3.8, 4) is 0 Å². The van der Waals surface area contributed by atoms with Crippen molar-refractivity contribution in [2.75, 3.05) is 7.05 Å². The zero-order chi connectivity index (χ0) is 13.7. The van der Waals surface area contributed by atoms with E-state index in [1.807, 2.05) is 13.1 Å². The zero-order valence-corrected chi connectivity index (χ0v) is 12.2. The molecule has 1 N–H and O–H groups in total. The van der Waals surface area contributed by atoms with Gasteiger partial charge < -0.3 is 5.32 Å². The summed E-state index contributed by atoms with van der Waals surface area (Å²) in [5, 5.41) is 4.25. The monoisotopic (exact) mass is 273 g/mol. The van der Waals surface area contributed by atoms with Crippen LogP contribution in [0.5, 0.6) is 0 Å². The number of likely N-dealkylation sites (N-methyl/N-ethyl adjacent to an activating group) is 1. The van der Waals surface area contributed by atoms with E-state index in [0.717, 1.165) is 17.9 Å². The number of aryl methyl sites for hydroxylation is 1. The summed E-state index contributed by atoms with van der Waals surface area (Å²) in [6.45, 7) is 2.06. The lowest BCUT2D eigenvalue weighted by Crippen LogP contribution is -2.30. The minimum Gasteiger partial charge on any atom is -0.316 e. The van der Waals surface area contributed by atoms with E-state index in [4.69, 9.17) is 11.6 Å². The van der Waals surface area contributed by atoms with Gasteiger partial charge in [0.2, 0.25) is 0 Å². The van der Waals surface area contributed by atoms with Crippen molar-refractivity contribution in [3.63, 3.8) is 0 Å². The van der Waals surface area contributed by atoms with Gasteiger partial charge in [-0.15, -0.1) is 0 Å². The van der Waals surface area contributed by atoms with Gasteiger partial charge in [-0.05, 0) is 49.6 Å². The second-order valence-electron chi connectivity index (χ2n) is 4.97. The third-order valence-corrected chi connectivity index (χ3v) is 3.76. The Morgan fingerprint density at radius 3 is 2.42 bits per heavy atom. The molecule has 2 rings (SSSR count). The summed E-state index contributed by atoms with van der Waals surface area (Å²) in [6.07, 6.45) is 1.96. The second kappa shape index (κ2) is 6.74. The van der Waals surface area contributed by atoms with Crippen LogP contribution in [0.1, 0.15) is 16.7 Å². The molecule has 0 spiro atoms. The smallest absolute Gasteiger partial charge is 0.0441 e. The average molecular weight is 274 g/mol. The minimum absolute atomic E-state index is 0.405. The Morgan fingerprint density at radius 1 is 1.05 bits per heavy atom. The highest BCUT2D eigenvalue weighted by Gasteiger charge is 2.10. The van der Waals surface area contributed by atoms with Gasteiger partial charge in [0.1, 0.15) is 0 Å². The fourth-order valence-electron chi connectivity index (χ4n) is 2.26. The van der Waals surface area contributed by atoms with Gasteiger partial charge in [0, 0.05) is 11.1 Å². The lowest BCUT2D eigenvalue weighted by atomic mass is 9.98. The number of benzene rings is 2. The maximum Gasteiger partial charge on any atom is 0.0441 e. The molecule has 0 amide bonds. The SMILES string of the molecule is CNC(Cc1ccccc1)Cc1ccc(C)cc1Cl. The molecule has 2 aromatic carbocycles. The number of hydrogen-bond acceptors (Lipinski definition) is 1. The van der Waals surface area contributed by atoms with Gasteiger partial charge in [-0.3, -0.25) is 0 Å². The molecule has 0 heterocycles. The number of hydrogen-bond donors (Lipinski definition) is 1. The lowest BCUT2D eigenvalue weighted by molar-refractivity contribution is 0.556. The highest BCUT2D eigenvalue weighted by atomic mass is 35.5. The molecule has 0 aliphatic rings. The fraction of sp³-hybridized carbons (Fsp3) is 0.294. The summed E-state index contributed by atoms with van der Waals surface area (Å²) in [6, 6.07) is 17.2. The fourth-order valence-corrected chi connectivity index (χ4v) is 2.57. The Hall–Kier alpha value is -1.31. The largest absolute Gasteiger partial charge is 0.316 e. The summed E-state index contributed by atoms with van der Waals surface area (Å²) < 4.78 is 0. The molecule has 1 unspecified atom stereocenters. The van der Waals surface area contributed by atoms with E-state index >= 15 is 0 Å². The maximum atomic E-state index is 6.31. The Balaban J connectivity index is 2.06. The predicted octanol–water partition coefficient (Wildman–Crippen LogP) is 4.02. The number of rotatable bonds is 5. The Kier molecular flexibility index (Phi) is 5.00. The topological polar surface area (TPSA) is 12.0 Å². The highest BCUT2D eigenvalue weighted by Crippen LogP contribution is 2.20. The first-order valence-corrected chi connectivity index (χ1v) is 7.03. The second-order valence-corrected chi connectivity index (χ2v) is 5.38. The molecule has 1 atom stereocenters. The van der Waals surface area contributed by atoms with Crippen molar-refractivity contribution in [1.82, 2.24) is 5.32 Å². The third-order valence-electron chi connectivity index (χ3n) is 3.41. The standard InChI is InChI=1S/C17H20ClN/c1-13-8-9-15(17(18)10-13)12-16(19-2)11-14-6-4-3-5-7-14/h3-10,16,19H,11-12H2,1-2H3. The quantitative estimate of drug-likeness (QED) is 0.868. The van der Waals surface area contributed by atoms with Gasteiger partial charge in [0.05, 0.1) is 0 Å². The van der Waals surface area contributed by atoms with Crippen LogP contribution >= 0.6 is 11.6 Å². The van der Waals surface area contributed by atoms with Crippen molar-refractivity contribution < 1.29 is 0 Å². The van der Waals surface area contributed by atoms with Crippen molar-refractivity contribution >= 4 is 11.6 Å². The van der Waals surface area contributed by atoms with Crippen molar-refractivity contribution in [3.05, 3.63) is 70.2 Å². The molecule has 0 saturated heterocycles. The van der Waals surface area contributed by atoms with Gasteiger partial charge in [0.25, 0.3) is 0 Å². The molecule has 2 aromatic rings. The number of nitrogens with one attached hydrogen (secondary N) is 1. The summed E-state index contributed by atoms with van der Waals surface area (Å²) in [7, 11) is 2.01. The van der Waals surface area contributed by atoms with Crippen LogP contribution in [0.4, 0.5) is 0 Å². The van der Waals surface area contributed by atoms with Gasteiger partial charge in [-0.25, -0.2) is 0 Å².